The van der Waals surface area contributed by atoms with E-state index >= 15 is 0 Å². The van der Waals surface area contributed by atoms with Gasteiger partial charge in [-0.25, -0.2) is 0 Å². The van der Waals surface area contributed by atoms with Crippen LogP contribution in [0.15, 0.2) is 53.1 Å². The quantitative estimate of drug-likeness (QED) is 0.638. The van der Waals surface area contributed by atoms with Gasteiger partial charge in [-0.1, -0.05) is 18.2 Å². The van der Waals surface area contributed by atoms with Crippen LogP contribution in [0.3, 0.4) is 0 Å². The van der Waals surface area contributed by atoms with Gasteiger partial charge in [-0.05, 0) is 55.3 Å². The molecular weight excluding hydrogens is 426 g/mol. The number of thiophene rings is 1. The monoisotopic (exact) mass is 451 g/mol. The van der Waals surface area contributed by atoms with Crippen molar-refractivity contribution >= 4 is 39.1 Å². The van der Waals surface area contributed by atoms with Crippen LogP contribution in [0.1, 0.15) is 47.2 Å². The average Bonchev–Trinajstić information content (AvgIpc) is 3.52. The van der Waals surface area contributed by atoms with Crippen molar-refractivity contribution in [2.75, 3.05) is 13.6 Å². The van der Waals surface area contributed by atoms with E-state index in [2.05, 4.69) is 10.6 Å². The van der Waals surface area contributed by atoms with Gasteiger partial charge in [0, 0.05) is 18.3 Å². The summed E-state index contributed by atoms with van der Waals surface area (Å²) in [4.78, 5) is 42.7. The summed E-state index contributed by atoms with van der Waals surface area (Å²) < 4.78 is 6.72. The fraction of sp³-hybridized carbons (Fsp3) is 0.375. The molecule has 2 N–H and O–H groups in total. The van der Waals surface area contributed by atoms with Gasteiger partial charge < -0.3 is 20.0 Å². The molecule has 2 aliphatic rings. The van der Waals surface area contributed by atoms with Gasteiger partial charge in [-0.3, -0.25) is 14.4 Å². The fourth-order valence-corrected chi connectivity index (χ4v) is 6.20. The van der Waals surface area contributed by atoms with Crippen LogP contribution in [-0.4, -0.2) is 41.8 Å². The van der Waals surface area contributed by atoms with Crippen molar-refractivity contribution in [2.24, 2.45) is 5.92 Å². The Labute approximate surface area is 189 Å². The summed E-state index contributed by atoms with van der Waals surface area (Å²) in [6.07, 6.45) is 3.95. The van der Waals surface area contributed by atoms with E-state index in [1.807, 2.05) is 30.3 Å². The minimum atomic E-state index is -1.10. The van der Waals surface area contributed by atoms with Gasteiger partial charge in [-0.15, -0.1) is 11.3 Å². The molecule has 0 saturated carbocycles. The van der Waals surface area contributed by atoms with Crippen LogP contribution in [-0.2, 0) is 9.59 Å². The second-order valence-electron chi connectivity index (χ2n) is 8.45. The highest BCUT2D eigenvalue weighted by Crippen LogP contribution is 2.51. The molecule has 1 aromatic carbocycles. The molecule has 8 heteroatoms. The number of rotatable bonds is 3. The molecular formula is C24H25N3O4S. The number of nitrogens with zero attached hydrogens (tertiary/aromatic N) is 1. The molecule has 5 rings (SSSR count). The van der Waals surface area contributed by atoms with Crippen molar-refractivity contribution in [3.63, 3.8) is 0 Å². The third-order valence-corrected chi connectivity index (χ3v) is 7.78. The van der Waals surface area contributed by atoms with Gasteiger partial charge in [0.1, 0.15) is 17.3 Å². The summed E-state index contributed by atoms with van der Waals surface area (Å²) in [6, 6.07) is 12.6. The van der Waals surface area contributed by atoms with Crippen molar-refractivity contribution in [3.8, 4) is 0 Å². The number of nitrogens with one attached hydrogen (secondary N) is 2. The summed E-state index contributed by atoms with van der Waals surface area (Å²) >= 11 is 1.41. The zero-order valence-corrected chi connectivity index (χ0v) is 18.6. The molecule has 3 amide bonds. The van der Waals surface area contributed by atoms with E-state index in [1.165, 1.54) is 17.6 Å². The second-order valence-corrected chi connectivity index (χ2v) is 9.54. The number of likely N-dealkylation sites (tertiary alicyclic amines) is 1. The van der Waals surface area contributed by atoms with Crippen molar-refractivity contribution in [2.45, 2.75) is 37.3 Å². The number of benzene rings is 1. The maximum Gasteiger partial charge on any atom is 0.265 e. The number of carbonyl (C=O) groups excluding carboxylic acids is 3. The summed E-state index contributed by atoms with van der Waals surface area (Å²) in [7, 11) is 1.58. The number of fused-ring (bicyclic) bond motifs is 1. The van der Waals surface area contributed by atoms with Crippen LogP contribution in [0.4, 0.5) is 0 Å². The lowest BCUT2D eigenvalue weighted by Gasteiger charge is -2.38. The zero-order valence-electron chi connectivity index (χ0n) is 17.8. The number of furan rings is 1. The van der Waals surface area contributed by atoms with Crippen molar-refractivity contribution < 1.29 is 18.8 Å². The Hall–Kier alpha value is -3.13. The molecule has 1 spiro atoms. The molecule has 2 fully saturated rings. The van der Waals surface area contributed by atoms with Gasteiger partial charge in [-0.2, -0.15) is 0 Å². The third kappa shape index (κ3) is 3.21. The van der Waals surface area contributed by atoms with E-state index in [1.54, 1.807) is 24.1 Å². The number of amides is 3. The highest BCUT2D eigenvalue weighted by molar-refractivity contribution is 7.20. The maximum absolute atomic E-state index is 14.1. The lowest BCUT2D eigenvalue weighted by atomic mass is 9.85. The Morgan fingerprint density at radius 2 is 2.06 bits per heavy atom. The van der Waals surface area contributed by atoms with E-state index in [-0.39, 0.29) is 24.1 Å². The molecule has 4 heterocycles. The van der Waals surface area contributed by atoms with E-state index in [0.29, 0.717) is 23.6 Å². The summed E-state index contributed by atoms with van der Waals surface area (Å²) in [5.74, 6) is -0.701. The molecule has 166 valence electrons. The van der Waals surface area contributed by atoms with Crippen LogP contribution in [0.25, 0.3) is 10.1 Å². The second kappa shape index (κ2) is 8.09. The first-order valence-electron chi connectivity index (χ1n) is 10.9. The molecule has 3 aromatic rings. The van der Waals surface area contributed by atoms with Gasteiger partial charge in [0.25, 0.3) is 5.91 Å². The van der Waals surface area contributed by atoms with E-state index < -0.39 is 17.5 Å². The molecule has 0 unspecified atom stereocenters. The Morgan fingerprint density at radius 1 is 1.22 bits per heavy atom. The van der Waals surface area contributed by atoms with Crippen LogP contribution in [0.5, 0.6) is 0 Å². The Balaban J connectivity index is 1.68. The van der Waals surface area contributed by atoms with Gasteiger partial charge in [0.05, 0.1) is 17.1 Å². The minimum absolute atomic E-state index is 0.188. The molecule has 0 aliphatic carbocycles. The van der Waals surface area contributed by atoms with Crippen LogP contribution >= 0.6 is 11.3 Å². The first kappa shape index (κ1) is 20.8. The summed E-state index contributed by atoms with van der Waals surface area (Å²) in [5, 5.41) is 6.70. The smallest absolute Gasteiger partial charge is 0.265 e. The van der Waals surface area contributed by atoms with Gasteiger partial charge in [0.15, 0.2) is 0 Å². The number of hydrogen-bond acceptors (Lipinski definition) is 5. The van der Waals surface area contributed by atoms with Crippen LogP contribution < -0.4 is 10.6 Å². The van der Waals surface area contributed by atoms with Crippen molar-refractivity contribution in [1.29, 1.82) is 0 Å². The largest absolute Gasteiger partial charge is 0.467 e. The average molecular weight is 452 g/mol. The highest BCUT2D eigenvalue weighted by Gasteiger charge is 2.61. The van der Waals surface area contributed by atoms with Crippen molar-refractivity contribution in [3.05, 3.63) is 59.4 Å². The normalized spacial score (nSPS) is 25.7. The lowest BCUT2D eigenvalue weighted by molar-refractivity contribution is -0.131. The van der Waals surface area contributed by atoms with E-state index in [4.69, 9.17) is 4.42 Å². The third-order valence-electron chi connectivity index (χ3n) is 6.68. The topological polar surface area (TPSA) is 91.7 Å². The van der Waals surface area contributed by atoms with Gasteiger partial charge in [0.2, 0.25) is 11.8 Å². The standard InChI is InChI=1S/C24H25N3O4S/c1-25-21(28)16-14-24(10-4-5-11-26-23(24)30)27(20(16)17-8-6-12-31-17)22(29)19-13-15-7-2-3-9-18(15)32-19/h2-3,6-9,12-13,16,20H,4-5,10-11,14H2,1H3,(H,25,28)(H,26,30)/t16-,20+,24-/m0/s1. The molecule has 32 heavy (non-hydrogen) atoms. The van der Waals surface area contributed by atoms with Crippen molar-refractivity contribution in [1.82, 2.24) is 15.5 Å². The zero-order chi connectivity index (χ0) is 22.3. The number of hydrogen-bond donors (Lipinski definition) is 2. The fourth-order valence-electron chi connectivity index (χ4n) is 5.20. The predicted octanol–water partition coefficient (Wildman–Crippen LogP) is 3.48. The van der Waals surface area contributed by atoms with Crippen LogP contribution in [0.2, 0.25) is 0 Å². The first-order valence-corrected chi connectivity index (χ1v) is 11.7. The van der Waals surface area contributed by atoms with E-state index in [0.717, 1.165) is 22.9 Å². The Morgan fingerprint density at radius 3 is 2.81 bits per heavy atom. The number of carbonyl (C=O) groups is 3. The van der Waals surface area contributed by atoms with Gasteiger partial charge >= 0.3 is 0 Å². The summed E-state index contributed by atoms with van der Waals surface area (Å²) in [5.41, 5.74) is -1.10. The molecule has 7 nitrogen and oxygen atoms in total. The SMILES string of the molecule is CNC(=O)[C@H]1C[C@]2(CCCCNC2=O)N(C(=O)c2cc3ccccc3s2)[C@H]1c1ccco1. The minimum Gasteiger partial charge on any atom is -0.467 e. The first-order chi connectivity index (χ1) is 15.5. The predicted molar refractivity (Wildman–Crippen MR) is 121 cm³/mol. The highest BCUT2D eigenvalue weighted by atomic mass is 32.1. The summed E-state index contributed by atoms with van der Waals surface area (Å²) in [6.45, 7) is 0.571. The molecule has 2 saturated heterocycles. The molecule has 2 aromatic heterocycles. The molecule has 0 bridgehead atoms. The lowest BCUT2D eigenvalue weighted by Crippen LogP contribution is -2.56. The van der Waals surface area contributed by atoms with Crippen LogP contribution in [0, 0.1) is 5.92 Å². The molecule has 3 atom stereocenters. The molecule has 0 radical (unpaired) electrons. The Kier molecular flexibility index (Phi) is 5.25. The maximum atomic E-state index is 14.1. The molecule has 2 aliphatic heterocycles. The Bertz CT molecular complexity index is 1140. The van der Waals surface area contributed by atoms with E-state index in [9.17, 15) is 14.4 Å².